The number of aromatic amines is 1. The SMILES string of the molecule is NC(Cc1cnc[nH]1)C(=O)NC(CCC(=O)O)C(=O)NC(CCC(=O)O)C(=O)NC(Cc1ccccc1)C(=O)O. The third-order valence-electron chi connectivity index (χ3n) is 5.79. The fourth-order valence-electron chi connectivity index (χ4n) is 3.67. The highest BCUT2D eigenvalue weighted by Crippen LogP contribution is 2.07. The molecule has 0 spiro atoms. The van der Waals surface area contributed by atoms with Crippen molar-refractivity contribution in [3.63, 3.8) is 0 Å². The molecule has 3 amide bonds. The number of nitrogens with one attached hydrogen (secondary N) is 4. The Morgan fingerprint density at radius 1 is 0.775 bits per heavy atom. The van der Waals surface area contributed by atoms with Crippen LogP contribution < -0.4 is 21.7 Å². The number of aliphatic carboxylic acids is 3. The van der Waals surface area contributed by atoms with Gasteiger partial charge in [-0.1, -0.05) is 30.3 Å². The molecule has 1 heterocycles. The summed E-state index contributed by atoms with van der Waals surface area (Å²) in [5.41, 5.74) is 7.06. The maximum atomic E-state index is 13.1. The van der Waals surface area contributed by atoms with E-state index in [9.17, 15) is 33.9 Å². The molecule has 40 heavy (non-hydrogen) atoms. The number of nitrogens with two attached hydrogens (primary N) is 1. The van der Waals surface area contributed by atoms with Gasteiger partial charge in [-0.2, -0.15) is 0 Å². The van der Waals surface area contributed by atoms with Gasteiger partial charge >= 0.3 is 17.9 Å². The Morgan fingerprint density at radius 2 is 1.30 bits per heavy atom. The summed E-state index contributed by atoms with van der Waals surface area (Å²) in [7, 11) is 0. The zero-order valence-corrected chi connectivity index (χ0v) is 21.4. The summed E-state index contributed by atoms with van der Waals surface area (Å²) >= 11 is 0. The van der Waals surface area contributed by atoms with Gasteiger partial charge in [0, 0.05) is 37.6 Å². The lowest BCUT2D eigenvalue weighted by atomic mass is 10.0. The fraction of sp³-hybridized carbons (Fsp3) is 0.400. The van der Waals surface area contributed by atoms with Crippen LogP contribution in [0, 0.1) is 0 Å². The molecular weight excluding hydrogens is 528 g/mol. The van der Waals surface area contributed by atoms with E-state index in [1.807, 2.05) is 0 Å². The van der Waals surface area contributed by atoms with Crippen molar-refractivity contribution in [3.8, 4) is 0 Å². The van der Waals surface area contributed by atoms with E-state index in [0.29, 0.717) is 11.3 Å². The summed E-state index contributed by atoms with van der Waals surface area (Å²) < 4.78 is 0. The van der Waals surface area contributed by atoms with E-state index in [1.54, 1.807) is 30.3 Å². The van der Waals surface area contributed by atoms with Crippen molar-refractivity contribution < 1.29 is 44.1 Å². The molecular formula is C25H32N6O9. The Morgan fingerprint density at radius 3 is 1.77 bits per heavy atom. The topological polar surface area (TPSA) is 254 Å². The lowest BCUT2D eigenvalue weighted by Crippen LogP contribution is -2.57. The zero-order chi connectivity index (χ0) is 29.7. The number of carboxylic acid groups (broad SMARTS) is 3. The predicted octanol–water partition coefficient (Wildman–Crippen LogP) is -1.21. The van der Waals surface area contributed by atoms with Crippen molar-refractivity contribution in [1.82, 2.24) is 25.9 Å². The minimum Gasteiger partial charge on any atom is -0.481 e. The van der Waals surface area contributed by atoms with Gasteiger partial charge in [-0.3, -0.25) is 24.0 Å². The number of carbonyl (C=O) groups is 6. The van der Waals surface area contributed by atoms with Crippen molar-refractivity contribution in [1.29, 1.82) is 0 Å². The van der Waals surface area contributed by atoms with Gasteiger partial charge in [0.25, 0.3) is 0 Å². The lowest BCUT2D eigenvalue weighted by Gasteiger charge is -2.25. The van der Waals surface area contributed by atoms with Gasteiger partial charge in [0.1, 0.15) is 18.1 Å². The highest BCUT2D eigenvalue weighted by Gasteiger charge is 2.31. The minimum absolute atomic E-state index is 0.0424. The van der Waals surface area contributed by atoms with Crippen LogP contribution in [-0.4, -0.2) is 85.1 Å². The Balaban J connectivity index is 2.16. The van der Waals surface area contributed by atoms with Crippen LogP contribution in [0.1, 0.15) is 36.9 Å². The van der Waals surface area contributed by atoms with Crippen molar-refractivity contribution in [2.45, 2.75) is 62.7 Å². The molecule has 0 radical (unpaired) electrons. The summed E-state index contributed by atoms with van der Waals surface area (Å²) in [5, 5.41) is 34.8. The van der Waals surface area contributed by atoms with Crippen LogP contribution in [0.3, 0.4) is 0 Å². The van der Waals surface area contributed by atoms with E-state index >= 15 is 0 Å². The highest BCUT2D eigenvalue weighted by molar-refractivity contribution is 5.94. The number of rotatable bonds is 17. The first-order valence-electron chi connectivity index (χ1n) is 12.3. The number of H-pyrrole nitrogens is 1. The van der Waals surface area contributed by atoms with E-state index in [2.05, 4.69) is 25.9 Å². The van der Waals surface area contributed by atoms with Crippen molar-refractivity contribution in [2.24, 2.45) is 5.73 Å². The molecule has 0 aliphatic carbocycles. The van der Waals surface area contributed by atoms with E-state index in [-0.39, 0.29) is 19.3 Å². The van der Waals surface area contributed by atoms with E-state index in [0.717, 1.165) is 0 Å². The smallest absolute Gasteiger partial charge is 0.326 e. The molecule has 2 aromatic rings. The number of nitrogens with zero attached hydrogens (tertiary/aromatic N) is 1. The number of carbonyl (C=O) groups excluding carboxylic acids is 3. The Labute approximate surface area is 228 Å². The normalized spacial score (nSPS) is 13.7. The van der Waals surface area contributed by atoms with Gasteiger partial charge in [-0.05, 0) is 18.4 Å². The summed E-state index contributed by atoms with van der Waals surface area (Å²) in [4.78, 5) is 79.4. The molecule has 2 rings (SSSR count). The number of hydrogen-bond acceptors (Lipinski definition) is 8. The second-order valence-corrected chi connectivity index (χ2v) is 8.96. The molecule has 15 heteroatoms. The third kappa shape index (κ3) is 10.9. The second kappa shape index (κ2) is 15.6. The number of imidazole rings is 1. The number of aromatic nitrogens is 2. The van der Waals surface area contributed by atoms with Crippen LogP contribution in [0.4, 0.5) is 0 Å². The molecule has 1 aromatic heterocycles. The van der Waals surface area contributed by atoms with E-state index < -0.39 is 79.1 Å². The molecule has 0 bridgehead atoms. The van der Waals surface area contributed by atoms with Crippen LogP contribution in [0.15, 0.2) is 42.9 Å². The molecule has 216 valence electrons. The van der Waals surface area contributed by atoms with Crippen LogP contribution in [-0.2, 0) is 41.6 Å². The van der Waals surface area contributed by atoms with Gasteiger partial charge in [-0.25, -0.2) is 9.78 Å². The molecule has 0 saturated heterocycles. The monoisotopic (exact) mass is 560 g/mol. The Bertz CT molecular complexity index is 1170. The molecule has 0 saturated carbocycles. The summed E-state index contributed by atoms with van der Waals surface area (Å²) in [6.45, 7) is 0. The highest BCUT2D eigenvalue weighted by atomic mass is 16.4. The van der Waals surface area contributed by atoms with Crippen LogP contribution >= 0.6 is 0 Å². The number of carboxylic acids is 3. The minimum atomic E-state index is -1.50. The quantitative estimate of drug-likeness (QED) is 0.114. The first-order chi connectivity index (χ1) is 19.0. The van der Waals surface area contributed by atoms with Gasteiger partial charge in [-0.15, -0.1) is 0 Å². The standard InChI is InChI=1S/C25H32N6O9/c26-16(11-15-12-27-13-28-15)22(36)29-17(6-8-20(32)33)23(37)30-18(7-9-21(34)35)24(38)31-19(25(39)40)10-14-4-2-1-3-5-14/h1-5,12-13,16-19H,6-11,26H2,(H,27,28)(H,29,36)(H,30,37)(H,31,38)(H,32,33)(H,34,35)(H,39,40). The second-order valence-electron chi connectivity index (χ2n) is 8.96. The Kier molecular flexibility index (Phi) is 12.2. The summed E-state index contributed by atoms with van der Waals surface area (Å²) in [6, 6.07) is 3.01. The van der Waals surface area contributed by atoms with E-state index in [4.69, 9.17) is 15.9 Å². The summed E-state index contributed by atoms with van der Waals surface area (Å²) in [6.07, 6.45) is 0.990. The first kappa shape index (κ1) is 31.4. The van der Waals surface area contributed by atoms with E-state index in [1.165, 1.54) is 12.5 Å². The fourth-order valence-corrected chi connectivity index (χ4v) is 3.67. The predicted molar refractivity (Wildman–Crippen MR) is 138 cm³/mol. The maximum Gasteiger partial charge on any atom is 0.326 e. The molecule has 4 unspecified atom stereocenters. The third-order valence-corrected chi connectivity index (χ3v) is 5.79. The Hall–Kier alpha value is -4.79. The van der Waals surface area contributed by atoms with Crippen LogP contribution in [0.25, 0.3) is 0 Å². The average molecular weight is 561 g/mol. The van der Waals surface area contributed by atoms with Gasteiger partial charge in [0.2, 0.25) is 17.7 Å². The molecule has 0 fully saturated rings. The molecule has 15 nitrogen and oxygen atoms in total. The number of amides is 3. The van der Waals surface area contributed by atoms with Gasteiger partial charge in [0.05, 0.1) is 12.4 Å². The van der Waals surface area contributed by atoms with Crippen LogP contribution in [0.5, 0.6) is 0 Å². The maximum absolute atomic E-state index is 13.1. The number of benzene rings is 1. The first-order valence-corrected chi connectivity index (χ1v) is 12.3. The molecule has 1 aromatic carbocycles. The largest absolute Gasteiger partial charge is 0.481 e. The molecule has 0 aliphatic rings. The summed E-state index contributed by atoms with van der Waals surface area (Å²) in [5.74, 6) is -6.58. The zero-order valence-electron chi connectivity index (χ0n) is 21.4. The van der Waals surface area contributed by atoms with Crippen molar-refractivity contribution in [3.05, 3.63) is 54.1 Å². The molecule has 9 N–H and O–H groups in total. The van der Waals surface area contributed by atoms with Crippen molar-refractivity contribution in [2.75, 3.05) is 0 Å². The van der Waals surface area contributed by atoms with Gasteiger partial charge in [0.15, 0.2) is 0 Å². The number of hydrogen-bond donors (Lipinski definition) is 8. The van der Waals surface area contributed by atoms with Crippen LogP contribution in [0.2, 0.25) is 0 Å². The van der Waals surface area contributed by atoms with Gasteiger partial charge < -0.3 is 42.0 Å². The molecule has 0 aliphatic heterocycles. The average Bonchev–Trinajstić information content (AvgIpc) is 3.41. The molecule has 4 atom stereocenters. The van der Waals surface area contributed by atoms with Crippen molar-refractivity contribution >= 4 is 35.6 Å². The lowest BCUT2D eigenvalue weighted by molar-refractivity contribution is -0.143.